The first-order chi connectivity index (χ1) is 16.1. The van der Waals surface area contributed by atoms with E-state index >= 15 is 0 Å². The zero-order valence-corrected chi connectivity index (χ0v) is 19.9. The van der Waals surface area contributed by atoms with Crippen LogP contribution in [0.4, 0.5) is 11.4 Å². The Morgan fingerprint density at radius 3 is 2.18 bits per heavy atom. The zero-order valence-electron chi connectivity index (χ0n) is 18.3. The number of non-ortho nitro benzene ring substituents is 1. The third-order valence-corrected chi connectivity index (χ3v) is 6.90. The molecule has 3 aromatic rings. The number of carbonyl (C=O) groups is 1. The first kappa shape index (κ1) is 24.9. The van der Waals surface area contributed by atoms with Crippen molar-refractivity contribution in [3.05, 3.63) is 99.1 Å². The number of nitro benzene ring substituents is 1. The maximum absolute atomic E-state index is 13.3. The summed E-state index contributed by atoms with van der Waals surface area (Å²) in [6.45, 7) is 2.92. The topological polar surface area (TPSA) is 122 Å². The Hall–Kier alpha value is -3.76. The molecule has 3 rings (SSSR count). The highest BCUT2D eigenvalue weighted by Gasteiger charge is 2.27. The van der Waals surface area contributed by atoms with Crippen molar-refractivity contribution in [2.75, 3.05) is 10.8 Å². The largest absolute Gasteiger partial charge is 0.271 e. The Labute approximate surface area is 201 Å². The van der Waals surface area contributed by atoms with Crippen molar-refractivity contribution < 1.29 is 18.1 Å². The lowest BCUT2D eigenvalue weighted by molar-refractivity contribution is -0.384. The molecule has 0 saturated carbocycles. The predicted molar refractivity (Wildman–Crippen MR) is 131 cm³/mol. The van der Waals surface area contributed by atoms with Gasteiger partial charge in [-0.05, 0) is 67.9 Å². The van der Waals surface area contributed by atoms with E-state index in [4.69, 9.17) is 11.6 Å². The van der Waals surface area contributed by atoms with Crippen molar-refractivity contribution in [3.63, 3.8) is 0 Å². The standard InChI is InChI=1S/C23H21ClN4O5S/c1-16-3-13-22(14-4-16)34(32,33)27(20-11-7-19(24)8-12-20)15-23(29)26-25-17(2)18-5-9-21(10-6-18)28(30)31/h3-14H,15H2,1-2H3,(H,26,29)/b25-17-. The fourth-order valence-electron chi connectivity index (χ4n) is 2.96. The summed E-state index contributed by atoms with van der Waals surface area (Å²) in [7, 11) is -4.07. The number of nitro groups is 1. The van der Waals surface area contributed by atoms with Gasteiger partial charge in [0.05, 0.1) is 21.2 Å². The van der Waals surface area contributed by atoms with Crippen LogP contribution in [0.15, 0.2) is 82.8 Å². The average molecular weight is 501 g/mol. The monoisotopic (exact) mass is 500 g/mol. The first-order valence-electron chi connectivity index (χ1n) is 10.0. The van der Waals surface area contributed by atoms with Crippen LogP contribution in [-0.4, -0.2) is 31.5 Å². The molecule has 0 bridgehead atoms. The van der Waals surface area contributed by atoms with Crippen LogP contribution < -0.4 is 9.73 Å². The molecule has 0 aliphatic rings. The molecule has 0 radical (unpaired) electrons. The highest BCUT2D eigenvalue weighted by Crippen LogP contribution is 2.25. The molecule has 11 heteroatoms. The maximum Gasteiger partial charge on any atom is 0.269 e. The summed E-state index contributed by atoms with van der Waals surface area (Å²) in [6, 6.07) is 18.0. The van der Waals surface area contributed by atoms with Gasteiger partial charge in [-0.15, -0.1) is 0 Å². The van der Waals surface area contributed by atoms with Gasteiger partial charge in [0, 0.05) is 17.2 Å². The number of hydrazone groups is 1. The van der Waals surface area contributed by atoms with Gasteiger partial charge in [-0.25, -0.2) is 13.8 Å². The van der Waals surface area contributed by atoms with Gasteiger partial charge in [-0.3, -0.25) is 19.2 Å². The van der Waals surface area contributed by atoms with Crippen molar-refractivity contribution in [3.8, 4) is 0 Å². The number of amides is 1. The molecule has 0 aliphatic carbocycles. The lowest BCUT2D eigenvalue weighted by Crippen LogP contribution is -2.39. The molecule has 9 nitrogen and oxygen atoms in total. The van der Waals surface area contributed by atoms with E-state index in [0.29, 0.717) is 16.3 Å². The smallest absolute Gasteiger partial charge is 0.269 e. The molecule has 0 aliphatic heterocycles. The number of aryl methyl sites for hydroxylation is 1. The molecule has 0 fully saturated rings. The van der Waals surface area contributed by atoms with Crippen LogP contribution in [0.2, 0.25) is 5.02 Å². The highest BCUT2D eigenvalue weighted by molar-refractivity contribution is 7.92. The van der Waals surface area contributed by atoms with E-state index in [-0.39, 0.29) is 16.3 Å². The molecule has 0 unspecified atom stereocenters. The third-order valence-electron chi connectivity index (χ3n) is 4.86. The number of halogens is 1. The van der Waals surface area contributed by atoms with Gasteiger partial charge in [-0.1, -0.05) is 29.3 Å². The normalized spacial score (nSPS) is 11.7. The Morgan fingerprint density at radius 1 is 1.03 bits per heavy atom. The fourth-order valence-corrected chi connectivity index (χ4v) is 4.51. The number of anilines is 1. The van der Waals surface area contributed by atoms with Crippen LogP contribution in [0.5, 0.6) is 0 Å². The summed E-state index contributed by atoms with van der Waals surface area (Å²) in [4.78, 5) is 23.0. The summed E-state index contributed by atoms with van der Waals surface area (Å²) < 4.78 is 27.6. The summed E-state index contributed by atoms with van der Waals surface area (Å²) in [6.07, 6.45) is 0. The summed E-state index contributed by atoms with van der Waals surface area (Å²) in [5, 5.41) is 15.2. The minimum absolute atomic E-state index is 0.0337. The second kappa shape index (κ2) is 10.4. The molecule has 0 saturated heterocycles. The van der Waals surface area contributed by atoms with Gasteiger partial charge < -0.3 is 0 Å². The highest BCUT2D eigenvalue weighted by atomic mass is 35.5. The molecule has 0 aromatic heterocycles. The fraction of sp³-hybridized carbons (Fsp3) is 0.130. The number of hydrogen-bond donors (Lipinski definition) is 1. The number of hydrogen-bond acceptors (Lipinski definition) is 6. The van der Waals surface area contributed by atoms with E-state index in [2.05, 4.69) is 10.5 Å². The maximum atomic E-state index is 13.3. The molecule has 176 valence electrons. The van der Waals surface area contributed by atoms with Crippen molar-refractivity contribution in [1.29, 1.82) is 0 Å². The Balaban J connectivity index is 1.83. The van der Waals surface area contributed by atoms with E-state index in [9.17, 15) is 23.3 Å². The first-order valence-corrected chi connectivity index (χ1v) is 11.8. The van der Waals surface area contributed by atoms with Crippen molar-refractivity contribution in [2.45, 2.75) is 18.7 Å². The molecular weight excluding hydrogens is 480 g/mol. The number of benzene rings is 3. The molecule has 3 aromatic carbocycles. The van der Waals surface area contributed by atoms with E-state index in [0.717, 1.165) is 9.87 Å². The molecule has 1 amide bonds. The Bertz CT molecular complexity index is 1320. The molecular formula is C23H21ClN4O5S. The molecule has 0 heterocycles. The Kier molecular flexibility index (Phi) is 7.64. The second-order valence-corrected chi connectivity index (χ2v) is 9.64. The minimum Gasteiger partial charge on any atom is -0.271 e. The second-order valence-electron chi connectivity index (χ2n) is 7.34. The lowest BCUT2D eigenvalue weighted by atomic mass is 10.1. The van der Waals surface area contributed by atoms with Gasteiger partial charge in [0.25, 0.3) is 21.6 Å². The van der Waals surface area contributed by atoms with Gasteiger partial charge in [0.15, 0.2) is 0 Å². The summed E-state index contributed by atoms with van der Waals surface area (Å²) in [5.41, 5.74) is 4.39. The van der Waals surface area contributed by atoms with Crippen LogP contribution in [-0.2, 0) is 14.8 Å². The number of nitrogens with zero attached hydrogens (tertiary/aromatic N) is 3. The number of carbonyl (C=O) groups excluding carboxylic acids is 1. The summed E-state index contributed by atoms with van der Waals surface area (Å²) >= 11 is 5.94. The van der Waals surface area contributed by atoms with Crippen LogP contribution in [0, 0.1) is 17.0 Å². The van der Waals surface area contributed by atoms with E-state index < -0.39 is 27.4 Å². The summed E-state index contributed by atoms with van der Waals surface area (Å²) in [5.74, 6) is -0.674. The quantitative estimate of drug-likeness (QED) is 0.281. The molecule has 34 heavy (non-hydrogen) atoms. The zero-order chi connectivity index (χ0) is 24.9. The van der Waals surface area contributed by atoms with Crippen LogP contribution in [0.3, 0.4) is 0 Å². The number of nitrogens with one attached hydrogen (secondary N) is 1. The average Bonchev–Trinajstić information content (AvgIpc) is 2.82. The van der Waals surface area contributed by atoms with Gasteiger partial charge in [-0.2, -0.15) is 5.10 Å². The lowest BCUT2D eigenvalue weighted by Gasteiger charge is -2.24. The van der Waals surface area contributed by atoms with Gasteiger partial charge >= 0.3 is 0 Å². The molecule has 0 spiro atoms. The third kappa shape index (κ3) is 5.97. The number of rotatable bonds is 8. The number of sulfonamides is 1. The van der Waals surface area contributed by atoms with E-state index in [1.807, 2.05) is 6.92 Å². The molecule has 0 atom stereocenters. The van der Waals surface area contributed by atoms with E-state index in [1.165, 1.54) is 60.7 Å². The van der Waals surface area contributed by atoms with Crippen LogP contribution in [0.1, 0.15) is 18.1 Å². The SMILES string of the molecule is C/C(=N/NC(=O)CN(c1ccc(Cl)cc1)S(=O)(=O)c1ccc(C)cc1)c1ccc([N+](=O)[O-])cc1. The minimum atomic E-state index is -4.07. The Morgan fingerprint density at radius 2 is 1.62 bits per heavy atom. The molecule has 1 N–H and O–H groups in total. The van der Waals surface area contributed by atoms with Gasteiger partial charge in [0.2, 0.25) is 0 Å². The van der Waals surface area contributed by atoms with E-state index in [1.54, 1.807) is 19.1 Å². The van der Waals surface area contributed by atoms with Crippen molar-refractivity contribution in [1.82, 2.24) is 5.43 Å². The van der Waals surface area contributed by atoms with Crippen molar-refractivity contribution in [2.24, 2.45) is 5.10 Å². The predicted octanol–water partition coefficient (Wildman–Crippen LogP) is 4.29. The van der Waals surface area contributed by atoms with Crippen LogP contribution >= 0.6 is 11.6 Å². The van der Waals surface area contributed by atoms with Gasteiger partial charge in [0.1, 0.15) is 6.54 Å². The van der Waals surface area contributed by atoms with Crippen molar-refractivity contribution >= 4 is 44.6 Å². The van der Waals surface area contributed by atoms with Crippen LogP contribution in [0.25, 0.3) is 0 Å².